The summed E-state index contributed by atoms with van der Waals surface area (Å²) in [5.41, 5.74) is 1.48. The molecule has 0 bridgehead atoms. The Kier molecular flexibility index (Phi) is 3.79. The molecule has 90 valence electrons. The molecule has 0 saturated heterocycles. The van der Waals surface area contributed by atoms with E-state index >= 15 is 0 Å². The van der Waals surface area contributed by atoms with E-state index in [1.165, 1.54) is 4.90 Å². The molecule has 17 heavy (non-hydrogen) atoms. The summed E-state index contributed by atoms with van der Waals surface area (Å²) < 4.78 is 0. The van der Waals surface area contributed by atoms with Crippen LogP contribution in [0, 0.1) is 0 Å². The van der Waals surface area contributed by atoms with Crippen LogP contribution in [-0.2, 0) is 11.2 Å². The van der Waals surface area contributed by atoms with Crippen LogP contribution in [0.3, 0.4) is 0 Å². The van der Waals surface area contributed by atoms with Crippen LogP contribution < -0.4 is 0 Å². The van der Waals surface area contributed by atoms with Crippen LogP contribution in [0.25, 0.3) is 0 Å². The fraction of sp³-hybridized carbons (Fsp3) is 0.385. The molecule has 1 aliphatic rings. The Hall–Kier alpha value is -1.35. The first-order valence-electron chi connectivity index (χ1n) is 5.72. The van der Waals surface area contributed by atoms with Crippen molar-refractivity contribution in [2.24, 2.45) is 0 Å². The lowest BCUT2D eigenvalue weighted by atomic mass is 9.98. The molecule has 0 saturated carbocycles. The Labute approximate surface area is 105 Å². The van der Waals surface area contributed by atoms with Crippen molar-refractivity contribution < 1.29 is 9.59 Å². The molecular formula is C13H14ClNO2. The largest absolute Gasteiger partial charge is 0.278 e. The Morgan fingerprint density at radius 2 is 1.94 bits per heavy atom. The molecule has 1 aliphatic heterocycles. The normalized spacial score (nSPS) is 15.0. The highest BCUT2D eigenvalue weighted by atomic mass is 35.5. The number of halogens is 1. The molecule has 2 rings (SSSR count). The summed E-state index contributed by atoms with van der Waals surface area (Å²) >= 11 is 5.58. The molecule has 1 aromatic rings. The quantitative estimate of drug-likeness (QED) is 0.468. The Morgan fingerprint density at radius 3 is 2.71 bits per heavy atom. The highest BCUT2D eigenvalue weighted by Crippen LogP contribution is 2.19. The van der Waals surface area contributed by atoms with E-state index in [0.717, 1.165) is 18.4 Å². The molecule has 0 radical (unpaired) electrons. The van der Waals surface area contributed by atoms with Gasteiger partial charge in [-0.3, -0.25) is 14.5 Å². The van der Waals surface area contributed by atoms with E-state index in [1.54, 1.807) is 6.07 Å². The van der Waals surface area contributed by atoms with Gasteiger partial charge in [-0.15, -0.1) is 11.6 Å². The number of carbonyl (C=O) groups is 2. The molecule has 0 fully saturated rings. The predicted octanol–water partition coefficient (Wildman–Crippen LogP) is 2.23. The third kappa shape index (κ3) is 2.50. The van der Waals surface area contributed by atoms with Crippen LogP contribution in [0.5, 0.6) is 0 Å². The summed E-state index contributed by atoms with van der Waals surface area (Å²) in [4.78, 5) is 25.3. The van der Waals surface area contributed by atoms with Gasteiger partial charge in [-0.1, -0.05) is 18.2 Å². The predicted molar refractivity (Wildman–Crippen MR) is 66.1 cm³/mol. The number of imide groups is 1. The monoisotopic (exact) mass is 251 g/mol. The molecule has 4 heteroatoms. The average molecular weight is 252 g/mol. The van der Waals surface area contributed by atoms with Crippen molar-refractivity contribution >= 4 is 23.4 Å². The first-order valence-corrected chi connectivity index (χ1v) is 6.26. The molecule has 2 amide bonds. The van der Waals surface area contributed by atoms with Gasteiger partial charge >= 0.3 is 0 Å². The van der Waals surface area contributed by atoms with Crippen molar-refractivity contribution in [2.75, 3.05) is 12.4 Å². The minimum atomic E-state index is -0.175. The van der Waals surface area contributed by atoms with Crippen molar-refractivity contribution in [2.45, 2.75) is 19.3 Å². The second-order valence-corrected chi connectivity index (χ2v) is 4.46. The van der Waals surface area contributed by atoms with Gasteiger partial charge in [0, 0.05) is 18.0 Å². The molecule has 3 nitrogen and oxygen atoms in total. The van der Waals surface area contributed by atoms with E-state index in [9.17, 15) is 9.59 Å². The molecule has 1 aromatic carbocycles. The van der Waals surface area contributed by atoms with Crippen LogP contribution in [0.1, 0.15) is 28.8 Å². The van der Waals surface area contributed by atoms with Crippen molar-refractivity contribution in [3.63, 3.8) is 0 Å². The number of nitrogens with zero attached hydrogens (tertiary/aromatic N) is 1. The topological polar surface area (TPSA) is 37.4 Å². The molecule has 0 spiro atoms. The summed E-state index contributed by atoms with van der Waals surface area (Å²) in [6.45, 7) is 0.471. The molecule has 0 unspecified atom stereocenters. The maximum Gasteiger partial charge on any atom is 0.260 e. The molecule has 0 aromatic heterocycles. The van der Waals surface area contributed by atoms with Gasteiger partial charge in [0.05, 0.1) is 6.42 Å². The zero-order chi connectivity index (χ0) is 12.3. The average Bonchev–Trinajstić information content (AvgIpc) is 2.33. The molecule has 1 heterocycles. The highest BCUT2D eigenvalue weighted by molar-refractivity contribution is 6.17. The molecule has 0 aliphatic carbocycles. The Balaban J connectivity index is 2.16. The summed E-state index contributed by atoms with van der Waals surface area (Å²) in [5, 5.41) is 0. The van der Waals surface area contributed by atoms with Gasteiger partial charge in [0.2, 0.25) is 5.91 Å². The van der Waals surface area contributed by atoms with Crippen molar-refractivity contribution in [3.05, 3.63) is 35.4 Å². The lowest BCUT2D eigenvalue weighted by Gasteiger charge is -2.26. The standard InChI is InChI=1S/C13H14ClNO2/c14-7-3-4-8-15-12(16)9-10-5-1-2-6-11(10)13(15)17/h1-2,5-6H,3-4,7-9H2. The zero-order valence-corrected chi connectivity index (χ0v) is 10.2. The summed E-state index contributed by atoms with van der Waals surface area (Å²) in [5.74, 6) is 0.280. The van der Waals surface area contributed by atoms with Crippen molar-refractivity contribution in [3.8, 4) is 0 Å². The van der Waals surface area contributed by atoms with E-state index in [1.807, 2.05) is 18.2 Å². The number of rotatable bonds is 4. The van der Waals surface area contributed by atoms with Crippen LogP contribution >= 0.6 is 11.6 Å². The van der Waals surface area contributed by atoms with Gasteiger partial charge in [0.1, 0.15) is 0 Å². The van der Waals surface area contributed by atoms with Gasteiger partial charge in [0.25, 0.3) is 5.91 Å². The minimum absolute atomic E-state index is 0.108. The van der Waals surface area contributed by atoms with E-state index in [0.29, 0.717) is 24.4 Å². The highest BCUT2D eigenvalue weighted by Gasteiger charge is 2.29. The van der Waals surface area contributed by atoms with Gasteiger partial charge in [-0.25, -0.2) is 0 Å². The number of fused-ring (bicyclic) bond motifs is 1. The van der Waals surface area contributed by atoms with E-state index in [2.05, 4.69) is 0 Å². The summed E-state index contributed by atoms with van der Waals surface area (Å²) in [6.07, 6.45) is 1.91. The fourth-order valence-electron chi connectivity index (χ4n) is 1.99. The number of alkyl halides is 1. The molecule has 0 atom stereocenters. The van der Waals surface area contributed by atoms with Crippen LogP contribution in [-0.4, -0.2) is 29.1 Å². The summed E-state index contributed by atoms with van der Waals surface area (Å²) in [7, 11) is 0. The third-order valence-corrected chi connectivity index (χ3v) is 3.17. The lowest BCUT2D eigenvalue weighted by Crippen LogP contribution is -2.42. The van der Waals surface area contributed by atoms with Gasteiger partial charge < -0.3 is 0 Å². The first-order chi connectivity index (χ1) is 8.24. The second-order valence-electron chi connectivity index (χ2n) is 4.08. The molecular weight excluding hydrogens is 238 g/mol. The second kappa shape index (κ2) is 5.32. The maximum absolute atomic E-state index is 12.1. The van der Waals surface area contributed by atoms with Crippen molar-refractivity contribution in [1.29, 1.82) is 0 Å². The zero-order valence-electron chi connectivity index (χ0n) is 9.49. The third-order valence-electron chi connectivity index (χ3n) is 2.90. The van der Waals surface area contributed by atoms with Crippen LogP contribution in [0.2, 0.25) is 0 Å². The fourth-order valence-corrected chi connectivity index (χ4v) is 2.18. The SMILES string of the molecule is O=C1Cc2ccccc2C(=O)N1CCCCCl. The Bertz CT molecular complexity index is 445. The Morgan fingerprint density at radius 1 is 1.18 bits per heavy atom. The summed E-state index contributed by atoms with van der Waals surface area (Å²) in [6, 6.07) is 7.28. The van der Waals surface area contributed by atoms with Crippen LogP contribution in [0.4, 0.5) is 0 Å². The number of unbranched alkanes of at least 4 members (excludes halogenated alkanes) is 1. The number of amides is 2. The van der Waals surface area contributed by atoms with Crippen LogP contribution in [0.15, 0.2) is 24.3 Å². The van der Waals surface area contributed by atoms with Gasteiger partial charge in [-0.05, 0) is 24.5 Å². The maximum atomic E-state index is 12.1. The first kappa shape index (κ1) is 12.1. The number of benzene rings is 1. The van der Waals surface area contributed by atoms with E-state index in [-0.39, 0.29) is 11.8 Å². The van der Waals surface area contributed by atoms with Gasteiger partial charge in [-0.2, -0.15) is 0 Å². The number of carbonyl (C=O) groups excluding carboxylic acids is 2. The number of hydrogen-bond acceptors (Lipinski definition) is 2. The number of hydrogen-bond donors (Lipinski definition) is 0. The smallest absolute Gasteiger partial charge is 0.260 e. The lowest BCUT2D eigenvalue weighted by molar-refractivity contribution is -0.128. The van der Waals surface area contributed by atoms with Crippen molar-refractivity contribution in [1.82, 2.24) is 4.90 Å². The van der Waals surface area contributed by atoms with E-state index < -0.39 is 0 Å². The van der Waals surface area contributed by atoms with Gasteiger partial charge in [0.15, 0.2) is 0 Å². The minimum Gasteiger partial charge on any atom is -0.278 e. The molecule has 0 N–H and O–H groups in total. The van der Waals surface area contributed by atoms with E-state index in [4.69, 9.17) is 11.6 Å².